The van der Waals surface area contributed by atoms with E-state index in [2.05, 4.69) is 10.3 Å². The number of rotatable bonds is 7. The Hall–Kier alpha value is -4.78. The molecule has 0 aliphatic rings. The largest absolute Gasteiger partial charge is 0.467 e. The fourth-order valence-electron chi connectivity index (χ4n) is 3.82. The summed E-state index contributed by atoms with van der Waals surface area (Å²) < 4.78 is 19.2. The zero-order valence-electron chi connectivity index (χ0n) is 18.0. The quantitative estimate of drug-likeness (QED) is 0.297. The summed E-state index contributed by atoms with van der Waals surface area (Å²) in [6.45, 7) is 0. The van der Waals surface area contributed by atoms with Gasteiger partial charge in [-0.3, -0.25) is 0 Å². The van der Waals surface area contributed by atoms with Crippen LogP contribution in [0, 0.1) is 0 Å². The molecule has 0 radical (unpaired) electrons. The molecule has 2 aromatic carbocycles. The minimum absolute atomic E-state index is 0.352. The van der Waals surface area contributed by atoms with Crippen molar-refractivity contribution in [3.63, 3.8) is 0 Å². The van der Waals surface area contributed by atoms with Crippen LogP contribution in [0.2, 0.25) is 0 Å². The molecule has 0 unspecified atom stereocenters. The van der Waals surface area contributed by atoms with Crippen molar-refractivity contribution < 1.29 is 13.6 Å². The molecule has 0 bridgehead atoms. The highest BCUT2D eigenvalue weighted by molar-refractivity contribution is 5.70. The number of nitrogens with one attached hydrogen (secondary N) is 1. The van der Waals surface area contributed by atoms with Crippen LogP contribution in [0.4, 0.5) is 5.82 Å². The van der Waals surface area contributed by atoms with Crippen LogP contribution >= 0.6 is 0 Å². The van der Waals surface area contributed by atoms with Crippen LogP contribution in [0.3, 0.4) is 0 Å². The second-order valence-corrected chi connectivity index (χ2v) is 7.68. The Morgan fingerprint density at radius 3 is 2.18 bits per heavy atom. The molecule has 0 spiro atoms. The molecule has 34 heavy (non-hydrogen) atoms. The number of furan rings is 2. The van der Waals surface area contributed by atoms with Crippen molar-refractivity contribution in [2.75, 3.05) is 5.32 Å². The third kappa shape index (κ3) is 3.91. The van der Waals surface area contributed by atoms with Gasteiger partial charge >= 0.3 is 0 Å². The second-order valence-electron chi connectivity index (χ2n) is 7.68. The standard InChI is InChI=1S/C27H20N4O3/c1-2-6-20(7-3-1)34-21-12-10-19(11-13-21)22-18-31-15-14-28-27(31)26(29-22)30-25(23-8-4-16-32-23)24-9-5-17-33-24/h1-18,25H,(H,29,30). The van der Waals surface area contributed by atoms with Gasteiger partial charge in [0.1, 0.15) is 29.1 Å². The van der Waals surface area contributed by atoms with Crippen LogP contribution in [0.15, 0.2) is 119 Å². The van der Waals surface area contributed by atoms with Gasteiger partial charge in [-0.05, 0) is 60.7 Å². The number of anilines is 1. The number of hydrogen-bond acceptors (Lipinski definition) is 6. The maximum Gasteiger partial charge on any atom is 0.180 e. The highest BCUT2D eigenvalue weighted by atomic mass is 16.5. The summed E-state index contributed by atoms with van der Waals surface area (Å²) in [6, 6.07) is 24.7. The number of benzene rings is 2. The Bertz CT molecular complexity index is 1460. The topological polar surface area (TPSA) is 77.7 Å². The third-order valence-electron chi connectivity index (χ3n) is 5.44. The number of ether oxygens (including phenoxy) is 1. The Morgan fingerprint density at radius 2 is 1.50 bits per heavy atom. The van der Waals surface area contributed by atoms with Gasteiger partial charge in [0.2, 0.25) is 0 Å². The molecule has 1 N–H and O–H groups in total. The van der Waals surface area contributed by atoms with E-state index in [-0.39, 0.29) is 6.04 Å². The van der Waals surface area contributed by atoms with Crippen LogP contribution in [-0.2, 0) is 0 Å². The fourth-order valence-corrected chi connectivity index (χ4v) is 3.82. The average Bonchev–Trinajstić information content (AvgIpc) is 3.66. The molecule has 0 amide bonds. The normalized spacial score (nSPS) is 11.2. The summed E-state index contributed by atoms with van der Waals surface area (Å²) in [5.74, 6) is 3.60. The summed E-state index contributed by atoms with van der Waals surface area (Å²) >= 11 is 0. The lowest BCUT2D eigenvalue weighted by Gasteiger charge is -2.16. The highest BCUT2D eigenvalue weighted by Gasteiger charge is 2.22. The molecule has 0 saturated carbocycles. The van der Waals surface area contributed by atoms with Crippen molar-refractivity contribution in [2.45, 2.75) is 6.04 Å². The number of hydrogen-bond donors (Lipinski definition) is 1. The van der Waals surface area contributed by atoms with E-state index in [0.717, 1.165) is 22.8 Å². The summed E-state index contributed by atoms with van der Waals surface area (Å²) in [4.78, 5) is 9.38. The zero-order chi connectivity index (χ0) is 22.7. The highest BCUT2D eigenvalue weighted by Crippen LogP contribution is 2.31. The van der Waals surface area contributed by atoms with Crippen LogP contribution in [0.1, 0.15) is 17.6 Å². The molecule has 7 nitrogen and oxygen atoms in total. The first-order chi connectivity index (χ1) is 16.8. The van der Waals surface area contributed by atoms with Crippen LogP contribution in [-0.4, -0.2) is 14.4 Å². The molecule has 4 heterocycles. The predicted octanol–water partition coefficient (Wildman–Crippen LogP) is 6.58. The van der Waals surface area contributed by atoms with Crippen LogP contribution < -0.4 is 10.1 Å². The van der Waals surface area contributed by atoms with Gasteiger partial charge in [0.15, 0.2) is 11.5 Å². The van der Waals surface area contributed by atoms with Crippen molar-refractivity contribution in [1.82, 2.24) is 14.4 Å². The number of fused-ring (bicyclic) bond motifs is 1. The first kappa shape index (κ1) is 19.9. The fraction of sp³-hybridized carbons (Fsp3) is 0.0370. The van der Waals surface area contributed by atoms with E-state index in [9.17, 15) is 0 Å². The van der Waals surface area contributed by atoms with E-state index in [4.69, 9.17) is 18.6 Å². The average molecular weight is 448 g/mol. The third-order valence-corrected chi connectivity index (χ3v) is 5.44. The molecule has 0 saturated heterocycles. The Morgan fingerprint density at radius 1 is 0.794 bits per heavy atom. The smallest absolute Gasteiger partial charge is 0.180 e. The Kier molecular flexibility index (Phi) is 5.04. The van der Waals surface area contributed by atoms with Crippen molar-refractivity contribution in [1.29, 1.82) is 0 Å². The van der Waals surface area contributed by atoms with E-state index in [0.29, 0.717) is 23.0 Å². The maximum atomic E-state index is 5.92. The number of nitrogens with zero attached hydrogens (tertiary/aromatic N) is 3. The van der Waals surface area contributed by atoms with E-state index < -0.39 is 0 Å². The lowest BCUT2D eigenvalue weighted by molar-refractivity contribution is 0.443. The predicted molar refractivity (Wildman–Crippen MR) is 128 cm³/mol. The second kappa shape index (κ2) is 8.63. The van der Waals surface area contributed by atoms with Gasteiger partial charge < -0.3 is 23.3 Å². The zero-order valence-corrected chi connectivity index (χ0v) is 18.0. The van der Waals surface area contributed by atoms with Crippen molar-refractivity contribution >= 4 is 11.5 Å². The lowest BCUT2D eigenvalue weighted by atomic mass is 10.1. The van der Waals surface area contributed by atoms with E-state index >= 15 is 0 Å². The molecule has 7 heteroatoms. The monoisotopic (exact) mass is 448 g/mol. The summed E-state index contributed by atoms with van der Waals surface area (Å²) in [7, 11) is 0. The van der Waals surface area contributed by atoms with Gasteiger partial charge in [-0.2, -0.15) is 0 Å². The Balaban J connectivity index is 1.34. The van der Waals surface area contributed by atoms with Gasteiger partial charge in [0, 0.05) is 24.2 Å². The van der Waals surface area contributed by atoms with Crippen molar-refractivity contribution in [2.24, 2.45) is 0 Å². The molecule has 6 aromatic rings. The molecule has 166 valence electrons. The molecule has 0 aliphatic carbocycles. The molecule has 0 atom stereocenters. The van der Waals surface area contributed by atoms with Gasteiger partial charge in [0.05, 0.1) is 18.2 Å². The van der Waals surface area contributed by atoms with E-state index in [1.807, 2.05) is 95.7 Å². The lowest BCUT2D eigenvalue weighted by Crippen LogP contribution is -2.13. The minimum atomic E-state index is -0.352. The molecule has 0 fully saturated rings. The SMILES string of the molecule is c1ccc(Oc2ccc(-c3cn4ccnc4c(NC(c4ccco4)c4ccco4)n3)cc2)cc1. The molecule has 0 aliphatic heterocycles. The summed E-state index contributed by atoms with van der Waals surface area (Å²) in [6.07, 6.45) is 8.88. The number of para-hydroxylation sites is 1. The van der Waals surface area contributed by atoms with Crippen molar-refractivity contribution in [3.8, 4) is 22.8 Å². The van der Waals surface area contributed by atoms with E-state index in [1.54, 1.807) is 18.7 Å². The maximum absolute atomic E-state index is 5.92. The van der Waals surface area contributed by atoms with Crippen LogP contribution in [0.5, 0.6) is 11.5 Å². The number of imidazole rings is 1. The van der Waals surface area contributed by atoms with Crippen molar-refractivity contribution in [3.05, 3.63) is 122 Å². The van der Waals surface area contributed by atoms with Gasteiger partial charge in [-0.25, -0.2) is 9.97 Å². The van der Waals surface area contributed by atoms with E-state index in [1.165, 1.54) is 0 Å². The summed E-state index contributed by atoms with van der Waals surface area (Å²) in [5, 5.41) is 3.46. The minimum Gasteiger partial charge on any atom is -0.467 e. The van der Waals surface area contributed by atoms with Gasteiger partial charge in [0.25, 0.3) is 0 Å². The molecular formula is C27H20N4O3. The summed E-state index contributed by atoms with van der Waals surface area (Å²) in [5.41, 5.74) is 2.44. The molecule has 4 aromatic heterocycles. The van der Waals surface area contributed by atoms with Gasteiger partial charge in [-0.15, -0.1) is 0 Å². The molecule has 6 rings (SSSR count). The first-order valence-electron chi connectivity index (χ1n) is 10.8. The number of aromatic nitrogens is 3. The Labute approximate surface area is 195 Å². The molecular weight excluding hydrogens is 428 g/mol. The first-order valence-corrected chi connectivity index (χ1v) is 10.8. The van der Waals surface area contributed by atoms with Crippen LogP contribution in [0.25, 0.3) is 16.9 Å². The van der Waals surface area contributed by atoms with Gasteiger partial charge in [-0.1, -0.05) is 18.2 Å².